The minimum absolute atomic E-state index is 0.0570. The van der Waals surface area contributed by atoms with E-state index in [1.807, 2.05) is 25.1 Å². The van der Waals surface area contributed by atoms with Crippen LogP contribution in [0.25, 0.3) is 33.5 Å². The number of nitrogens with zero attached hydrogens (tertiary/aromatic N) is 4. The standard InChI is InChI=1S/C25H19FN4O5/c1-2-14-10-16(22(32)11-21(14)31)24-25(18-13-35-23-9-4-3-6-15(18)23)29(28-27-24)12-17-19(26)7-5-8-20(17)30(33)34/h3-11,13,31-32H,2,12H2,1H3. The van der Waals surface area contributed by atoms with Crippen LogP contribution in [0.15, 0.2) is 65.3 Å². The Bertz CT molecular complexity index is 1590. The second kappa shape index (κ2) is 8.56. The Morgan fingerprint density at radius 3 is 2.66 bits per heavy atom. The first-order chi connectivity index (χ1) is 16.9. The molecule has 9 nitrogen and oxygen atoms in total. The van der Waals surface area contributed by atoms with Crippen molar-refractivity contribution in [2.75, 3.05) is 0 Å². The summed E-state index contributed by atoms with van der Waals surface area (Å²) in [5.41, 5.74) is 2.11. The number of aryl methyl sites for hydroxylation is 1. The number of hydrogen-bond donors (Lipinski definition) is 2. The normalized spacial score (nSPS) is 11.3. The number of aromatic nitrogens is 3. The van der Waals surface area contributed by atoms with Crippen LogP contribution in [0, 0.1) is 15.9 Å². The van der Waals surface area contributed by atoms with Gasteiger partial charge in [0.1, 0.15) is 40.6 Å². The highest BCUT2D eigenvalue weighted by Crippen LogP contribution is 2.41. The summed E-state index contributed by atoms with van der Waals surface area (Å²) in [6, 6.07) is 13.7. The average molecular weight is 474 g/mol. The lowest BCUT2D eigenvalue weighted by atomic mass is 9.99. The van der Waals surface area contributed by atoms with Gasteiger partial charge in [0.05, 0.1) is 17.0 Å². The fourth-order valence-electron chi connectivity index (χ4n) is 4.15. The molecule has 0 aliphatic carbocycles. The lowest BCUT2D eigenvalue weighted by Crippen LogP contribution is -2.08. The molecule has 10 heteroatoms. The molecule has 3 aromatic carbocycles. The molecule has 5 rings (SSSR count). The van der Waals surface area contributed by atoms with E-state index in [4.69, 9.17) is 4.42 Å². The third-order valence-corrected chi connectivity index (χ3v) is 5.90. The molecular weight excluding hydrogens is 455 g/mol. The Hall–Kier alpha value is -4.73. The minimum atomic E-state index is -0.750. The number of fused-ring (bicyclic) bond motifs is 1. The third-order valence-electron chi connectivity index (χ3n) is 5.90. The summed E-state index contributed by atoms with van der Waals surface area (Å²) in [6.45, 7) is 1.57. The van der Waals surface area contributed by atoms with Gasteiger partial charge in [0.15, 0.2) is 0 Å². The van der Waals surface area contributed by atoms with E-state index >= 15 is 0 Å². The summed E-state index contributed by atoms with van der Waals surface area (Å²) in [6.07, 6.45) is 2.00. The largest absolute Gasteiger partial charge is 0.508 e. The summed E-state index contributed by atoms with van der Waals surface area (Å²) in [4.78, 5) is 10.9. The van der Waals surface area contributed by atoms with E-state index in [-0.39, 0.29) is 35.0 Å². The van der Waals surface area contributed by atoms with Crippen molar-refractivity contribution in [1.82, 2.24) is 15.0 Å². The maximum atomic E-state index is 14.7. The fourth-order valence-corrected chi connectivity index (χ4v) is 4.15. The van der Waals surface area contributed by atoms with Crippen LogP contribution in [0.2, 0.25) is 0 Å². The molecule has 0 saturated heterocycles. The Morgan fingerprint density at radius 1 is 1.09 bits per heavy atom. The van der Waals surface area contributed by atoms with E-state index in [2.05, 4.69) is 10.3 Å². The number of para-hydroxylation sites is 1. The first-order valence-corrected chi connectivity index (χ1v) is 10.8. The second-order valence-electron chi connectivity index (χ2n) is 7.94. The molecule has 0 spiro atoms. The summed E-state index contributed by atoms with van der Waals surface area (Å²) < 4.78 is 21.7. The smallest absolute Gasteiger partial charge is 0.277 e. The van der Waals surface area contributed by atoms with Crippen molar-refractivity contribution in [1.29, 1.82) is 0 Å². The van der Waals surface area contributed by atoms with E-state index in [1.54, 1.807) is 12.1 Å². The molecule has 0 atom stereocenters. The molecule has 0 radical (unpaired) electrons. The van der Waals surface area contributed by atoms with Gasteiger partial charge < -0.3 is 14.6 Å². The van der Waals surface area contributed by atoms with Crippen molar-refractivity contribution in [2.24, 2.45) is 0 Å². The zero-order valence-corrected chi connectivity index (χ0v) is 18.5. The second-order valence-corrected chi connectivity index (χ2v) is 7.94. The lowest BCUT2D eigenvalue weighted by molar-refractivity contribution is -0.385. The van der Waals surface area contributed by atoms with Gasteiger partial charge in [0, 0.05) is 28.6 Å². The van der Waals surface area contributed by atoms with Crippen LogP contribution in [0.1, 0.15) is 18.1 Å². The molecule has 35 heavy (non-hydrogen) atoms. The zero-order valence-electron chi connectivity index (χ0n) is 18.5. The van der Waals surface area contributed by atoms with Crippen molar-refractivity contribution in [3.63, 3.8) is 0 Å². The summed E-state index contributed by atoms with van der Waals surface area (Å²) in [7, 11) is 0. The molecule has 0 fully saturated rings. The van der Waals surface area contributed by atoms with Gasteiger partial charge in [0.2, 0.25) is 0 Å². The van der Waals surface area contributed by atoms with Crippen LogP contribution in [0.4, 0.5) is 10.1 Å². The van der Waals surface area contributed by atoms with Crippen molar-refractivity contribution < 1.29 is 23.9 Å². The van der Waals surface area contributed by atoms with Gasteiger partial charge in [-0.25, -0.2) is 9.07 Å². The molecule has 0 aliphatic rings. The van der Waals surface area contributed by atoms with Crippen molar-refractivity contribution >= 4 is 16.7 Å². The van der Waals surface area contributed by atoms with Crippen LogP contribution in [0.3, 0.4) is 0 Å². The predicted octanol–water partition coefficient (Wildman–Crippen LogP) is 5.43. The Labute approximate surface area is 197 Å². The lowest BCUT2D eigenvalue weighted by Gasteiger charge is -2.11. The van der Waals surface area contributed by atoms with Gasteiger partial charge in [0.25, 0.3) is 5.69 Å². The Kier molecular flexibility index (Phi) is 5.40. The molecule has 0 amide bonds. The molecule has 176 valence electrons. The number of hydrogen-bond acceptors (Lipinski definition) is 7. The first-order valence-electron chi connectivity index (χ1n) is 10.8. The van der Waals surface area contributed by atoms with Crippen LogP contribution in [-0.4, -0.2) is 30.1 Å². The van der Waals surface area contributed by atoms with E-state index in [0.717, 1.165) is 6.07 Å². The number of phenols is 2. The summed E-state index contributed by atoms with van der Waals surface area (Å²) in [5.74, 6) is -1.03. The average Bonchev–Trinajstić information content (AvgIpc) is 3.44. The number of benzene rings is 3. The maximum absolute atomic E-state index is 14.7. The SMILES string of the molecule is CCc1cc(-c2nnn(Cc3c(F)cccc3[N+](=O)[O-])c2-c2coc3ccccc23)c(O)cc1O. The van der Waals surface area contributed by atoms with E-state index in [9.17, 15) is 24.7 Å². The van der Waals surface area contributed by atoms with E-state index < -0.39 is 10.7 Å². The fraction of sp³-hybridized carbons (Fsp3) is 0.120. The Morgan fingerprint density at radius 2 is 1.89 bits per heavy atom. The molecule has 2 heterocycles. The number of rotatable bonds is 6. The van der Waals surface area contributed by atoms with Gasteiger partial charge in [-0.3, -0.25) is 10.1 Å². The monoisotopic (exact) mass is 474 g/mol. The highest BCUT2D eigenvalue weighted by Gasteiger charge is 2.26. The van der Waals surface area contributed by atoms with Crippen molar-refractivity contribution in [3.8, 4) is 34.0 Å². The molecule has 5 aromatic rings. The summed E-state index contributed by atoms with van der Waals surface area (Å²) in [5, 5.41) is 41.5. The number of phenolic OH excluding ortho intramolecular Hbond substituents is 2. The highest BCUT2D eigenvalue weighted by molar-refractivity contribution is 5.97. The van der Waals surface area contributed by atoms with Gasteiger partial charge in [-0.2, -0.15) is 0 Å². The van der Waals surface area contributed by atoms with E-state index in [0.29, 0.717) is 39.8 Å². The molecule has 0 unspecified atom stereocenters. The third kappa shape index (κ3) is 3.74. The van der Waals surface area contributed by atoms with Crippen molar-refractivity contribution in [2.45, 2.75) is 19.9 Å². The quantitative estimate of drug-likeness (QED) is 0.248. The number of furan rings is 1. The maximum Gasteiger partial charge on any atom is 0.277 e. The molecule has 2 N–H and O–H groups in total. The van der Waals surface area contributed by atoms with Gasteiger partial charge in [-0.1, -0.05) is 36.4 Å². The van der Waals surface area contributed by atoms with E-state index in [1.165, 1.54) is 29.1 Å². The van der Waals surface area contributed by atoms with Crippen LogP contribution in [-0.2, 0) is 13.0 Å². The van der Waals surface area contributed by atoms with Gasteiger partial charge in [-0.05, 0) is 30.2 Å². The van der Waals surface area contributed by atoms with Crippen LogP contribution < -0.4 is 0 Å². The number of nitro groups is 1. The summed E-state index contributed by atoms with van der Waals surface area (Å²) >= 11 is 0. The minimum Gasteiger partial charge on any atom is -0.508 e. The van der Waals surface area contributed by atoms with Gasteiger partial charge >= 0.3 is 0 Å². The molecule has 0 saturated carbocycles. The van der Waals surface area contributed by atoms with Crippen LogP contribution in [0.5, 0.6) is 11.5 Å². The number of nitro benzene ring substituents is 1. The number of aromatic hydroxyl groups is 2. The highest BCUT2D eigenvalue weighted by atomic mass is 19.1. The predicted molar refractivity (Wildman–Crippen MR) is 126 cm³/mol. The topological polar surface area (TPSA) is 127 Å². The van der Waals surface area contributed by atoms with Crippen LogP contribution >= 0.6 is 0 Å². The first kappa shape index (κ1) is 22.1. The van der Waals surface area contributed by atoms with Gasteiger partial charge in [-0.15, -0.1) is 5.10 Å². The molecule has 2 aromatic heterocycles. The Balaban J connectivity index is 1.77. The molecule has 0 bridgehead atoms. The zero-order chi connectivity index (χ0) is 24.7. The number of halogens is 1. The van der Waals surface area contributed by atoms with Crippen molar-refractivity contribution in [3.05, 3.63) is 87.9 Å². The molecule has 0 aliphatic heterocycles. The molecular formula is C25H19FN4O5.